The summed E-state index contributed by atoms with van der Waals surface area (Å²) >= 11 is 2.03. The van der Waals surface area contributed by atoms with Gasteiger partial charge in [0.25, 0.3) is 0 Å². The molecule has 0 aromatic rings. The number of thioether (sulfide) groups is 1. The molecule has 1 aliphatic carbocycles. The molecule has 96 valence electrons. The van der Waals surface area contributed by atoms with Crippen molar-refractivity contribution < 1.29 is 5.11 Å². The molecule has 1 aliphatic rings. The van der Waals surface area contributed by atoms with E-state index in [0.29, 0.717) is 6.61 Å². The summed E-state index contributed by atoms with van der Waals surface area (Å²) in [6, 6.07) is 0.751. The van der Waals surface area contributed by atoms with Crippen LogP contribution in [0.3, 0.4) is 0 Å². The van der Waals surface area contributed by atoms with Crippen LogP contribution < -0.4 is 5.32 Å². The third-order valence-corrected chi connectivity index (χ3v) is 4.67. The molecule has 0 bridgehead atoms. The van der Waals surface area contributed by atoms with Gasteiger partial charge in [-0.25, -0.2) is 0 Å². The van der Waals surface area contributed by atoms with Crippen molar-refractivity contribution in [2.24, 2.45) is 0 Å². The Bertz CT molecular complexity index is 166. The molecule has 1 fully saturated rings. The van der Waals surface area contributed by atoms with Crippen molar-refractivity contribution in [3.05, 3.63) is 0 Å². The van der Waals surface area contributed by atoms with E-state index in [-0.39, 0.29) is 0 Å². The highest BCUT2D eigenvalue weighted by Gasteiger charge is 2.23. The zero-order valence-corrected chi connectivity index (χ0v) is 11.4. The summed E-state index contributed by atoms with van der Waals surface area (Å²) < 4.78 is 0. The lowest BCUT2D eigenvalue weighted by atomic mass is 9.95. The van der Waals surface area contributed by atoms with E-state index in [4.69, 9.17) is 5.11 Å². The summed E-state index contributed by atoms with van der Waals surface area (Å²) in [6.45, 7) is 1.51. The first-order valence-corrected chi connectivity index (χ1v) is 8.04. The van der Waals surface area contributed by atoms with Crippen LogP contribution in [0.5, 0.6) is 0 Å². The first-order valence-electron chi connectivity index (χ1n) is 6.75. The molecule has 16 heavy (non-hydrogen) atoms. The molecule has 2 N–H and O–H groups in total. The van der Waals surface area contributed by atoms with Gasteiger partial charge in [-0.1, -0.05) is 25.7 Å². The molecule has 0 aromatic heterocycles. The number of aliphatic hydroxyl groups excluding tert-OH is 1. The Labute approximate surface area is 105 Å². The van der Waals surface area contributed by atoms with Gasteiger partial charge in [0.2, 0.25) is 0 Å². The van der Waals surface area contributed by atoms with Gasteiger partial charge in [-0.2, -0.15) is 11.8 Å². The van der Waals surface area contributed by atoms with E-state index in [2.05, 4.69) is 11.6 Å². The van der Waals surface area contributed by atoms with Crippen LogP contribution in [0.1, 0.15) is 51.4 Å². The number of nitrogens with one attached hydrogen (secondary N) is 1. The highest BCUT2D eigenvalue weighted by Crippen LogP contribution is 2.27. The summed E-state index contributed by atoms with van der Waals surface area (Å²) in [5.74, 6) is 0. The maximum absolute atomic E-state index is 8.67. The van der Waals surface area contributed by atoms with E-state index in [9.17, 15) is 0 Å². The van der Waals surface area contributed by atoms with Crippen molar-refractivity contribution in [3.63, 3.8) is 0 Å². The molecule has 0 amide bonds. The highest BCUT2D eigenvalue weighted by molar-refractivity contribution is 7.99. The molecule has 3 heteroatoms. The second-order valence-corrected chi connectivity index (χ2v) is 5.83. The fourth-order valence-corrected chi connectivity index (χ4v) is 3.45. The SMILES string of the molecule is CSC1CCCCC1NCCCCCCO. The lowest BCUT2D eigenvalue weighted by molar-refractivity contribution is 0.282. The van der Waals surface area contributed by atoms with Gasteiger partial charge in [0, 0.05) is 17.9 Å². The van der Waals surface area contributed by atoms with Gasteiger partial charge in [0.05, 0.1) is 0 Å². The van der Waals surface area contributed by atoms with Gasteiger partial charge in [-0.05, 0) is 38.5 Å². The first kappa shape index (κ1) is 14.3. The van der Waals surface area contributed by atoms with E-state index < -0.39 is 0 Å². The lowest BCUT2D eigenvalue weighted by Crippen LogP contribution is -2.40. The predicted octanol–water partition coefficient (Wildman–Crippen LogP) is 2.80. The molecular weight excluding hydrogens is 218 g/mol. The van der Waals surface area contributed by atoms with Crippen LogP contribution in [0.25, 0.3) is 0 Å². The summed E-state index contributed by atoms with van der Waals surface area (Å²) in [5, 5.41) is 13.2. The molecule has 2 unspecified atom stereocenters. The van der Waals surface area contributed by atoms with Crippen molar-refractivity contribution in [2.45, 2.75) is 62.7 Å². The molecule has 2 nitrogen and oxygen atoms in total. The minimum absolute atomic E-state index is 0.352. The second-order valence-electron chi connectivity index (χ2n) is 4.76. The van der Waals surface area contributed by atoms with Gasteiger partial charge in [-0.15, -0.1) is 0 Å². The van der Waals surface area contributed by atoms with Crippen molar-refractivity contribution in [1.82, 2.24) is 5.32 Å². The Balaban J connectivity index is 2.02. The number of rotatable bonds is 8. The molecule has 0 aliphatic heterocycles. The van der Waals surface area contributed by atoms with Crippen LogP contribution in [0, 0.1) is 0 Å². The zero-order valence-electron chi connectivity index (χ0n) is 10.6. The largest absolute Gasteiger partial charge is 0.396 e. The molecule has 1 saturated carbocycles. The maximum atomic E-state index is 8.67. The Morgan fingerprint density at radius 1 is 1.12 bits per heavy atom. The Morgan fingerprint density at radius 2 is 1.88 bits per heavy atom. The van der Waals surface area contributed by atoms with Crippen molar-refractivity contribution >= 4 is 11.8 Å². The van der Waals surface area contributed by atoms with E-state index in [1.807, 2.05) is 11.8 Å². The molecular formula is C13H27NOS. The van der Waals surface area contributed by atoms with Gasteiger partial charge >= 0.3 is 0 Å². The van der Waals surface area contributed by atoms with Gasteiger partial charge < -0.3 is 10.4 Å². The molecule has 0 aromatic carbocycles. The lowest BCUT2D eigenvalue weighted by Gasteiger charge is -2.31. The molecule has 0 radical (unpaired) electrons. The van der Waals surface area contributed by atoms with Crippen molar-refractivity contribution in [1.29, 1.82) is 0 Å². The molecule has 0 heterocycles. The molecule has 1 rings (SSSR count). The number of hydrogen-bond acceptors (Lipinski definition) is 3. The Hall–Kier alpha value is 0.270. The van der Waals surface area contributed by atoms with Gasteiger partial charge in [-0.3, -0.25) is 0 Å². The number of aliphatic hydroxyl groups is 1. The van der Waals surface area contributed by atoms with Crippen LogP contribution >= 0.6 is 11.8 Å². The first-order chi connectivity index (χ1) is 7.88. The second kappa shape index (κ2) is 9.32. The van der Waals surface area contributed by atoms with Crippen molar-refractivity contribution in [2.75, 3.05) is 19.4 Å². The fourth-order valence-electron chi connectivity index (χ4n) is 2.49. The highest BCUT2D eigenvalue weighted by atomic mass is 32.2. The minimum Gasteiger partial charge on any atom is -0.396 e. The van der Waals surface area contributed by atoms with Gasteiger partial charge in [0.15, 0.2) is 0 Å². The topological polar surface area (TPSA) is 32.3 Å². The summed E-state index contributed by atoms with van der Waals surface area (Å²) in [6.07, 6.45) is 12.5. The average Bonchev–Trinajstić information content (AvgIpc) is 2.34. The van der Waals surface area contributed by atoms with E-state index >= 15 is 0 Å². The molecule has 0 spiro atoms. The van der Waals surface area contributed by atoms with Crippen LogP contribution in [0.15, 0.2) is 0 Å². The fraction of sp³-hybridized carbons (Fsp3) is 1.00. The van der Waals surface area contributed by atoms with E-state index in [1.165, 1.54) is 44.9 Å². The number of hydrogen-bond donors (Lipinski definition) is 2. The van der Waals surface area contributed by atoms with Crippen LogP contribution in [-0.4, -0.2) is 35.8 Å². The molecule has 2 atom stereocenters. The van der Waals surface area contributed by atoms with E-state index in [1.54, 1.807) is 0 Å². The average molecular weight is 245 g/mol. The normalized spacial score (nSPS) is 25.9. The van der Waals surface area contributed by atoms with Crippen LogP contribution in [0.2, 0.25) is 0 Å². The quantitative estimate of drug-likeness (QED) is 0.645. The minimum atomic E-state index is 0.352. The van der Waals surface area contributed by atoms with Gasteiger partial charge in [0.1, 0.15) is 0 Å². The third kappa shape index (κ3) is 5.55. The summed E-state index contributed by atoms with van der Waals surface area (Å²) in [7, 11) is 0. The summed E-state index contributed by atoms with van der Waals surface area (Å²) in [4.78, 5) is 0. The van der Waals surface area contributed by atoms with Crippen LogP contribution in [0.4, 0.5) is 0 Å². The van der Waals surface area contributed by atoms with Crippen molar-refractivity contribution in [3.8, 4) is 0 Å². The zero-order chi connectivity index (χ0) is 11.6. The Kier molecular flexibility index (Phi) is 8.34. The number of unbranched alkanes of at least 4 members (excludes halogenated alkanes) is 3. The monoisotopic (exact) mass is 245 g/mol. The maximum Gasteiger partial charge on any atom is 0.0431 e. The van der Waals surface area contributed by atoms with E-state index in [0.717, 1.165) is 24.3 Å². The molecule has 0 saturated heterocycles. The third-order valence-electron chi connectivity index (χ3n) is 3.50. The predicted molar refractivity (Wildman–Crippen MR) is 73.1 cm³/mol. The summed E-state index contributed by atoms with van der Waals surface area (Å²) in [5.41, 5.74) is 0. The Morgan fingerprint density at radius 3 is 2.62 bits per heavy atom. The smallest absolute Gasteiger partial charge is 0.0431 e. The standard InChI is InChI=1S/C13H27NOS/c1-16-13-9-5-4-8-12(13)14-10-6-2-3-7-11-15/h12-15H,2-11H2,1H3. The van der Waals surface area contributed by atoms with Crippen LogP contribution in [-0.2, 0) is 0 Å².